The molecule has 0 spiro atoms. The standard InChI is InChI=1S/C15H22N2O4/c1-11(2)13(14(18)17(3)20-4)16-15(19)21-10-12-8-6-5-7-9-12/h5-9,11,13H,10H2,1-4H3,(H,16,19). The normalized spacial score (nSPS) is 11.9. The summed E-state index contributed by atoms with van der Waals surface area (Å²) in [5, 5.41) is 3.65. The van der Waals surface area contributed by atoms with Gasteiger partial charge < -0.3 is 10.1 Å². The number of rotatable bonds is 6. The maximum atomic E-state index is 12.1. The van der Waals surface area contributed by atoms with E-state index < -0.39 is 12.1 Å². The zero-order valence-corrected chi connectivity index (χ0v) is 12.8. The first-order chi connectivity index (χ1) is 9.95. The second-order valence-corrected chi connectivity index (χ2v) is 4.95. The van der Waals surface area contributed by atoms with E-state index in [1.165, 1.54) is 14.2 Å². The van der Waals surface area contributed by atoms with Gasteiger partial charge >= 0.3 is 6.09 Å². The van der Waals surface area contributed by atoms with E-state index in [1.807, 2.05) is 44.2 Å². The van der Waals surface area contributed by atoms with Crippen molar-refractivity contribution >= 4 is 12.0 Å². The third-order valence-electron chi connectivity index (χ3n) is 3.00. The van der Waals surface area contributed by atoms with Crippen molar-refractivity contribution < 1.29 is 19.2 Å². The Morgan fingerprint density at radius 2 is 1.86 bits per heavy atom. The van der Waals surface area contributed by atoms with Crippen LogP contribution in [0.25, 0.3) is 0 Å². The van der Waals surface area contributed by atoms with E-state index in [0.29, 0.717) is 0 Å². The lowest BCUT2D eigenvalue weighted by molar-refractivity contribution is -0.172. The average Bonchev–Trinajstić information content (AvgIpc) is 2.49. The Labute approximate surface area is 125 Å². The minimum atomic E-state index is -0.696. The Hall–Kier alpha value is -2.08. The van der Waals surface area contributed by atoms with Crippen LogP contribution in [-0.2, 0) is 21.0 Å². The summed E-state index contributed by atoms with van der Waals surface area (Å²) in [6, 6.07) is 8.64. The van der Waals surface area contributed by atoms with Gasteiger partial charge in [0.15, 0.2) is 0 Å². The van der Waals surface area contributed by atoms with Gasteiger partial charge in [-0.15, -0.1) is 0 Å². The number of likely N-dealkylation sites (N-methyl/N-ethyl adjacent to an activating group) is 1. The molecular weight excluding hydrogens is 272 g/mol. The number of carbonyl (C=O) groups excluding carboxylic acids is 2. The molecule has 1 unspecified atom stereocenters. The summed E-state index contributed by atoms with van der Waals surface area (Å²) in [5.74, 6) is -0.413. The van der Waals surface area contributed by atoms with Gasteiger partial charge in [-0.1, -0.05) is 44.2 Å². The fraction of sp³-hybridized carbons (Fsp3) is 0.467. The first-order valence-electron chi connectivity index (χ1n) is 6.74. The van der Waals surface area contributed by atoms with Crippen LogP contribution in [0, 0.1) is 5.92 Å². The fourth-order valence-corrected chi connectivity index (χ4v) is 1.69. The number of amides is 2. The Balaban J connectivity index is 2.55. The number of hydroxylamine groups is 2. The van der Waals surface area contributed by atoms with Crippen molar-refractivity contribution in [3.05, 3.63) is 35.9 Å². The Kier molecular flexibility index (Phi) is 6.68. The van der Waals surface area contributed by atoms with Gasteiger partial charge in [-0.25, -0.2) is 9.86 Å². The minimum absolute atomic E-state index is 0.0839. The van der Waals surface area contributed by atoms with E-state index in [-0.39, 0.29) is 18.4 Å². The van der Waals surface area contributed by atoms with Crippen molar-refractivity contribution in [2.24, 2.45) is 5.92 Å². The summed E-state index contributed by atoms with van der Waals surface area (Å²) < 4.78 is 5.11. The molecule has 0 saturated carbocycles. The van der Waals surface area contributed by atoms with E-state index in [0.717, 1.165) is 10.6 Å². The maximum Gasteiger partial charge on any atom is 0.408 e. The SMILES string of the molecule is CON(C)C(=O)C(NC(=O)OCc1ccccc1)C(C)C. The summed E-state index contributed by atoms with van der Waals surface area (Å²) >= 11 is 0. The number of hydrogen-bond acceptors (Lipinski definition) is 4. The lowest BCUT2D eigenvalue weighted by atomic mass is 10.0. The van der Waals surface area contributed by atoms with Crippen molar-refractivity contribution in [3.8, 4) is 0 Å². The van der Waals surface area contributed by atoms with Crippen molar-refractivity contribution in [1.82, 2.24) is 10.4 Å². The van der Waals surface area contributed by atoms with Crippen molar-refractivity contribution in [2.45, 2.75) is 26.5 Å². The molecule has 0 heterocycles. The van der Waals surface area contributed by atoms with Crippen LogP contribution in [0.3, 0.4) is 0 Å². The molecule has 21 heavy (non-hydrogen) atoms. The van der Waals surface area contributed by atoms with Gasteiger partial charge in [0.25, 0.3) is 5.91 Å². The van der Waals surface area contributed by atoms with Crippen molar-refractivity contribution in [1.29, 1.82) is 0 Å². The molecule has 0 saturated heterocycles. The number of carbonyl (C=O) groups is 2. The van der Waals surface area contributed by atoms with Gasteiger partial charge in [0.05, 0.1) is 7.11 Å². The molecule has 116 valence electrons. The Morgan fingerprint density at radius 1 is 1.24 bits per heavy atom. The molecule has 1 aromatic rings. The number of nitrogens with one attached hydrogen (secondary N) is 1. The van der Waals surface area contributed by atoms with Gasteiger partial charge in [-0.05, 0) is 11.5 Å². The van der Waals surface area contributed by atoms with Crippen LogP contribution < -0.4 is 5.32 Å². The van der Waals surface area contributed by atoms with Gasteiger partial charge in [-0.2, -0.15) is 0 Å². The predicted molar refractivity (Wildman–Crippen MR) is 78.2 cm³/mol. The lowest BCUT2D eigenvalue weighted by Gasteiger charge is -2.25. The molecule has 6 nitrogen and oxygen atoms in total. The van der Waals surface area contributed by atoms with E-state index in [2.05, 4.69) is 5.32 Å². The molecule has 1 rings (SSSR count). The highest BCUT2D eigenvalue weighted by Crippen LogP contribution is 2.07. The molecule has 0 bridgehead atoms. The molecule has 2 amide bonds. The van der Waals surface area contributed by atoms with Crippen LogP contribution in [0.2, 0.25) is 0 Å². The molecule has 0 radical (unpaired) electrons. The van der Waals surface area contributed by atoms with Crippen molar-refractivity contribution in [3.63, 3.8) is 0 Å². The lowest BCUT2D eigenvalue weighted by Crippen LogP contribution is -2.50. The zero-order valence-electron chi connectivity index (χ0n) is 12.8. The van der Waals surface area contributed by atoms with E-state index in [9.17, 15) is 9.59 Å². The molecule has 0 aliphatic carbocycles. The maximum absolute atomic E-state index is 12.1. The third kappa shape index (κ3) is 5.43. The number of benzene rings is 1. The highest BCUT2D eigenvalue weighted by molar-refractivity contribution is 5.85. The molecular formula is C15H22N2O4. The second kappa shape index (κ2) is 8.26. The third-order valence-corrected chi connectivity index (χ3v) is 3.00. The molecule has 0 aliphatic heterocycles. The Bertz CT molecular complexity index is 462. The zero-order chi connectivity index (χ0) is 15.8. The van der Waals surface area contributed by atoms with Crippen LogP contribution in [0.5, 0.6) is 0 Å². The number of nitrogens with zero attached hydrogens (tertiary/aromatic N) is 1. The second-order valence-electron chi connectivity index (χ2n) is 4.95. The first-order valence-corrected chi connectivity index (χ1v) is 6.74. The van der Waals surface area contributed by atoms with Gasteiger partial charge in [0.1, 0.15) is 12.6 Å². The smallest absolute Gasteiger partial charge is 0.408 e. The largest absolute Gasteiger partial charge is 0.445 e. The van der Waals surface area contributed by atoms with Gasteiger partial charge in [0.2, 0.25) is 0 Å². The highest BCUT2D eigenvalue weighted by atomic mass is 16.7. The summed E-state index contributed by atoms with van der Waals surface area (Å²) in [6.07, 6.45) is -0.629. The minimum Gasteiger partial charge on any atom is -0.445 e. The first kappa shape index (κ1) is 17.0. The molecule has 0 aliphatic rings. The Morgan fingerprint density at radius 3 is 2.38 bits per heavy atom. The number of alkyl carbamates (subject to hydrolysis) is 1. The van der Waals surface area contributed by atoms with Crippen LogP contribution >= 0.6 is 0 Å². The quantitative estimate of drug-likeness (QED) is 0.814. The van der Waals surface area contributed by atoms with E-state index in [1.54, 1.807) is 0 Å². The van der Waals surface area contributed by atoms with Gasteiger partial charge in [0, 0.05) is 7.05 Å². The molecule has 6 heteroatoms. The predicted octanol–water partition coefficient (Wildman–Crippen LogP) is 1.96. The number of hydrogen-bond donors (Lipinski definition) is 1. The summed E-state index contributed by atoms with van der Waals surface area (Å²) in [6.45, 7) is 3.83. The number of ether oxygens (including phenoxy) is 1. The molecule has 0 aromatic heterocycles. The summed E-state index contributed by atoms with van der Waals surface area (Å²) in [4.78, 5) is 28.7. The average molecular weight is 294 g/mol. The van der Waals surface area contributed by atoms with Crippen LogP contribution in [0.15, 0.2) is 30.3 Å². The fourth-order valence-electron chi connectivity index (χ4n) is 1.69. The summed E-state index contributed by atoms with van der Waals surface area (Å²) in [5.41, 5.74) is 0.883. The monoisotopic (exact) mass is 294 g/mol. The van der Waals surface area contributed by atoms with Crippen LogP contribution in [-0.4, -0.2) is 37.3 Å². The molecule has 1 aromatic carbocycles. The topological polar surface area (TPSA) is 67.9 Å². The summed E-state index contributed by atoms with van der Waals surface area (Å²) in [7, 11) is 2.89. The molecule has 0 fully saturated rings. The van der Waals surface area contributed by atoms with Crippen molar-refractivity contribution in [2.75, 3.05) is 14.2 Å². The van der Waals surface area contributed by atoms with E-state index >= 15 is 0 Å². The van der Waals surface area contributed by atoms with E-state index in [4.69, 9.17) is 9.57 Å². The van der Waals surface area contributed by atoms with Crippen LogP contribution in [0.4, 0.5) is 4.79 Å². The molecule has 1 atom stereocenters. The molecule has 1 N–H and O–H groups in total. The van der Waals surface area contributed by atoms with Gasteiger partial charge in [-0.3, -0.25) is 9.63 Å². The highest BCUT2D eigenvalue weighted by Gasteiger charge is 2.27. The van der Waals surface area contributed by atoms with Crippen LogP contribution in [0.1, 0.15) is 19.4 Å².